The van der Waals surface area contributed by atoms with Gasteiger partial charge in [-0.15, -0.1) is 24.0 Å². The number of hydrogen-bond acceptors (Lipinski definition) is 3. The maximum absolute atomic E-state index is 4.46. The highest BCUT2D eigenvalue weighted by Gasteiger charge is 2.21. The molecular weight excluding hydrogens is 403 g/mol. The lowest BCUT2D eigenvalue weighted by atomic mass is 9.99. The Morgan fingerprint density at radius 3 is 2.57 bits per heavy atom. The van der Waals surface area contributed by atoms with Gasteiger partial charge in [-0.3, -0.25) is 9.67 Å². The average Bonchev–Trinajstić information content (AvgIpc) is 2.91. The van der Waals surface area contributed by atoms with Gasteiger partial charge in [0, 0.05) is 45.5 Å². The van der Waals surface area contributed by atoms with Crippen molar-refractivity contribution in [3.8, 4) is 0 Å². The van der Waals surface area contributed by atoms with Gasteiger partial charge in [-0.05, 0) is 32.9 Å². The Kier molecular flexibility index (Phi) is 8.32. The summed E-state index contributed by atoms with van der Waals surface area (Å²) < 4.78 is 1.85. The molecular formula is C16H31IN6. The predicted molar refractivity (Wildman–Crippen MR) is 106 cm³/mol. The third-order valence-electron chi connectivity index (χ3n) is 4.48. The number of nitrogens with one attached hydrogen (secondary N) is 1. The molecule has 0 bridgehead atoms. The van der Waals surface area contributed by atoms with E-state index in [1.165, 1.54) is 18.4 Å². The highest BCUT2D eigenvalue weighted by Crippen LogP contribution is 2.18. The quantitative estimate of drug-likeness (QED) is 0.447. The highest BCUT2D eigenvalue weighted by atomic mass is 127. The van der Waals surface area contributed by atoms with Gasteiger partial charge in [0.15, 0.2) is 5.96 Å². The molecule has 1 aromatic heterocycles. The van der Waals surface area contributed by atoms with Gasteiger partial charge >= 0.3 is 0 Å². The summed E-state index contributed by atoms with van der Waals surface area (Å²) in [5.41, 5.74) is 1.22. The number of guanidine groups is 1. The van der Waals surface area contributed by atoms with Crippen LogP contribution in [0.15, 0.2) is 17.4 Å². The molecule has 2 heterocycles. The first-order valence-corrected chi connectivity index (χ1v) is 8.11. The number of aromatic nitrogens is 2. The Bertz CT molecular complexity index is 491. The van der Waals surface area contributed by atoms with E-state index in [0.717, 1.165) is 31.5 Å². The Morgan fingerprint density at radius 1 is 1.43 bits per heavy atom. The van der Waals surface area contributed by atoms with E-state index in [9.17, 15) is 0 Å². The first-order valence-electron chi connectivity index (χ1n) is 8.11. The maximum atomic E-state index is 4.46. The largest absolute Gasteiger partial charge is 0.354 e. The summed E-state index contributed by atoms with van der Waals surface area (Å²) in [5, 5.41) is 7.83. The third kappa shape index (κ3) is 5.63. The van der Waals surface area contributed by atoms with Gasteiger partial charge in [-0.25, -0.2) is 0 Å². The Hall–Kier alpha value is -0.830. The third-order valence-corrected chi connectivity index (χ3v) is 4.48. The Morgan fingerprint density at radius 2 is 2.09 bits per heavy atom. The van der Waals surface area contributed by atoms with Gasteiger partial charge in [0.05, 0.1) is 12.2 Å². The molecule has 1 N–H and O–H groups in total. The number of halogens is 1. The molecule has 1 aromatic rings. The molecule has 0 aliphatic carbocycles. The minimum atomic E-state index is 0. The number of likely N-dealkylation sites (tertiary alicyclic amines) is 1. The standard InChI is InChI=1S/C16H30N6.HI/c1-13-6-8-22(9-7-13)16(17-2)18-11-15(20(3)4)14-10-19-21(5)12-14;/h10,12-13,15H,6-9,11H2,1-5H3,(H,17,18);1H. The Labute approximate surface area is 157 Å². The lowest BCUT2D eigenvalue weighted by molar-refractivity contribution is 0.264. The van der Waals surface area contributed by atoms with Crippen molar-refractivity contribution in [1.82, 2.24) is 24.9 Å². The van der Waals surface area contributed by atoms with Crippen LogP contribution in [-0.4, -0.2) is 66.3 Å². The van der Waals surface area contributed by atoms with Gasteiger partial charge in [0.1, 0.15) is 0 Å². The average molecular weight is 434 g/mol. The zero-order chi connectivity index (χ0) is 16.1. The molecule has 1 unspecified atom stereocenters. The van der Waals surface area contributed by atoms with Crippen molar-refractivity contribution in [3.63, 3.8) is 0 Å². The van der Waals surface area contributed by atoms with Crippen molar-refractivity contribution < 1.29 is 0 Å². The molecule has 6 nitrogen and oxygen atoms in total. The smallest absolute Gasteiger partial charge is 0.193 e. The van der Waals surface area contributed by atoms with Crippen LogP contribution in [-0.2, 0) is 7.05 Å². The van der Waals surface area contributed by atoms with Crippen molar-refractivity contribution >= 4 is 29.9 Å². The fraction of sp³-hybridized carbons (Fsp3) is 0.750. The normalized spacial score (nSPS) is 18.0. The molecule has 23 heavy (non-hydrogen) atoms. The van der Waals surface area contributed by atoms with E-state index in [4.69, 9.17) is 0 Å². The van der Waals surface area contributed by atoms with Crippen LogP contribution in [0.4, 0.5) is 0 Å². The fourth-order valence-corrected chi connectivity index (χ4v) is 2.95. The second-order valence-electron chi connectivity index (χ2n) is 6.52. The fourth-order valence-electron chi connectivity index (χ4n) is 2.95. The zero-order valence-corrected chi connectivity index (χ0v) is 17.3. The molecule has 7 heteroatoms. The molecule has 0 saturated carbocycles. The van der Waals surface area contributed by atoms with Crippen molar-refractivity contribution in [2.24, 2.45) is 18.0 Å². The van der Waals surface area contributed by atoms with Gasteiger partial charge in [-0.2, -0.15) is 5.10 Å². The molecule has 1 aliphatic rings. The molecule has 2 rings (SSSR count). The van der Waals surface area contributed by atoms with E-state index in [2.05, 4.69) is 52.4 Å². The van der Waals surface area contributed by atoms with Gasteiger partial charge in [0.2, 0.25) is 0 Å². The first kappa shape index (κ1) is 20.2. The number of aryl methyl sites for hydroxylation is 1. The SMILES string of the molecule is CN=C(NCC(c1cnn(C)c1)N(C)C)N1CCC(C)CC1.I. The molecule has 0 amide bonds. The molecule has 0 radical (unpaired) electrons. The topological polar surface area (TPSA) is 48.7 Å². The maximum Gasteiger partial charge on any atom is 0.193 e. The number of aliphatic imine (C=N–C) groups is 1. The van der Waals surface area contributed by atoms with E-state index in [1.807, 2.05) is 25.0 Å². The molecule has 0 spiro atoms. The van der Waals surface area contributed by atoms with Crippen LogP contribution >= 0.6 is 24.0 Å². The molecule has 0 aromatic carbocycles. The number of piperidine rings is 1. The highest BCUT2D eigenvalue weighted by molar-refractivity contribution is 14.0. The second-order valence-corrected chi connectivity index (χ2v) is 6.52. The summed E-state index contributed by atoms with van der Waals surface area (Å²) in [6.45, 7) is 5.36. The molecule has 1 aliphatic heterocycles. The van der Waals surface area contributed by atoms with Gasteiger partial charge in [0.25, 0.3) is 0 Å². The van der Waals surface area contributed by atoms with E-state index >= 15 is 0 Å². The van der Waals surface area contributed by atoms with Crippen LogP contribution in [0.2, 0.25) is 0 Å². The van der Waals surface area contributed by atoms with Crippen molar-refractivity contribution in [2.75, 3.05) is 40.8 Å². The minimum absolute atomic E-state index is 0. The predicted octanol–water partition coefficient (Wildman–Crippen LogP) is 1.95. The summed E-state index contributed by atoms with van der Waals surface area (Å²) in [4.78, 5) is 9.05. The molecule has 1 atom stereocenters. The first-order chi connectivity index (χ1) is 10.5. The van der Waals surface area contributed by atoms with E-state index in [1.54, 1.807) is 0 Å². The van der Waals surface area contributed by atoms with E-state index < -0.39 is 0 Å². The summed E-state index contributed by atoms with van der Waals surface area (Å²) >= 11 is 0. The lowest BCUT2D eigenvalue weighted by Gasteiger charge is -2.34. The van der Waals surface area contributed by atoms with Crippen LogP contribution in [0.1, 0.15) is 31.4 Å². The van der Waals surface area contributed by atoms with E-state index in [-0.39, 0.29) is 30.0 Å². The zero-order valence-electron chi connectivity index (χ0n) is 15.0. The number of hydrogen-bond donors (Lipinski definition) is 1. The summed E-state index contributed by atoms with van der Waals surface area (Å²) in [6, 6.07) is 0.286. The Balaban J connectivity index is 0.00000264. The van der Waals surface area contributed by atoms with Gasteiger partial charge in [-0.1, -0.05) is 6.92 Å². The van der Waals surface area contributed by atoms with Crippen LogP contribution < -0.4 is 5.32 Å². The van der Waals surface area contributed by atoms with Crippen LogP contribution in [0.3, 0.4) is 0 Å². The molecule has 1 saturated heterocycles. The summed E-state index contributed by atoms with van der Waals surface area (Å²) in [6.07, 6.45) is 6.52. The molecule has 1 fully saturated rings. The number of likely N-dealkylation sites (N-methyl/N-ethyl adjacent to an activating group) is 1. The summed E-state index contributed by atoms with van der Waals surface area (Å²) in [7, 11) is 8.03. The van der Waals surface area contributed by atoms with E-state index in [0.29, 0.717) is 0 Å². The van der Waals surface area contributed by atoms with Crippen LogP contribution in [0, 0.1) is 5.92 Å². The van der Waals surface area contributed by atoms with Crippen molar-refractivity contribution in [3.05, 3.63) is 18.0 Å². The monoisotopic (exact) mass is 434 g/mol. The minimum Gasteiger partial charge on any atom is -0.354 e. The summed E-state index contributed by atoms with van der Waals surface area (Å²) in [5.74, 6) is 1.85. The molecule has 132 valence electrons. The number of nitrogens with zero attached hydrogens (tertiary/aromatic N) is 5. The second kappa shape index (κ2) is 9.46. The van der Waals surface area contributed by atoms with Crippen LogP contribution in [0.5, 0.6) is 0 Å². The number of rotatable bonds is 4. The van der Waals surface area contributed by atoms with Gasteiger partial charge < -0.3 is 15.1 Å². The van der Waals surface area contributed by atoms with Crippen molar-refractivity contribution in [1.29, 1.82) is 0 Å². The lowest BCUT2D eigenvalue weighted by Crippen LogP contribution is -2.47. The van der Waals surface area contributed by atoms with Crippen LogP contribution in [0.25, 0.3) is 0 Å². The van der Waals surface area contributed by atoms with Crippen molar-refractivity contribution in [2.45, 2.75) is 25.8 Å².